The van der Waals surface area contributed by atoms with Gasteiger partial charge in [-0.2, -0.15) is 0 Å². The Morgan fingerprint density at radius 1 is 0.958 bits per heavy atom. The molecule has 0 fully saturated rings. The van der Waals surface area contributed by atoms with Crippen LogP contribution in [0.3, 0.4) is 0 Å². The molecular formula is C22H32O2. The van der Waals surface area contributed by atoms with Gasteiger partial charge in [-0.05, 0) is 54.2 Å². The van der Waals surface area contributed by atoms with Crippen molar-refractivity contribution < 1.29 is 10.2 Å². The van der Waals surface area contributed by atoms with Crippen LogP contribution in [0.25, 0.3) is 5.57 Å². The second-order valence-electron chi connectivity index (χ2n) is 8.44. The number of aliphatic hydroxyl groups excluding tert-OH is 1. The van der Waals surface area contributed by atoms with Crippen molar-refractivity contribution in [2.75, 3.05) is 0 Å². The Bertz CT molecular complexity index is 716. The molecule has 2 rings (SSSR count). The Balaban J connectivity index is 2.90. The molecule has 0 aliphatic heterocycles. The van der Waals surface area contributed by atoms with Gasteiger partial charge in [0.2, 0.25) is 0 Å². The van der Waals surface area contributed by atoms with Crippen molar-refractivity contribution in [3.05, 3.63) is 45.7 Å². The fourth-order valence-corrected chi connectivity index (χ4v) is 3.58. The van der Waals surface area contributed by atoms with E-state index in [1.165, 1.54) is 5.57 Å². The van der Waals surface area contributed by atoms with Crippen LogP contribution in [-0.4, -0.2) is 10.2 Å². The molecule has 2 N–H and O–H groups in total. The van der Waals surface area contributed by atoms with Gasteiger partial charge >= 0.3 is 0 Å². The van der Waals surface area contributed by atoms with Gasteiger partial charge < -0.3 is 10.2 Å². The molecule has 0 atom stereocenters. The van der Waals surface area contributed by atoms with E-state index in [9.17, 15) is 10.2 Å². The van der Waals surface area contributed by atoms with E-state index < -0.39 is 0 Å². The zero-order valence-electron chi connectivity index (χ0n) is 16.4. The average Bonchev–Trinajstić information content (AvgIpc) is 2.47. The normalized spacial score (nSPS) is 18.1. The largest absolute Gasteiger partial charge is 0.507 e. The summed E-state index contributed by atoms with van der Waals surface area (Å²) < 4.78 is 0. The third kappa shape index (κ3) is 2.99. The van der Waals surface area contributed by atoms with Crippen molar-refractivity contribution in [1.29, 1.82) is 0 Å². The van der Waals surface area contributed by atoms with E-state index >= 15 is 0 Å². The number of allylic oxidation sites excluding steroid dienone is 3. The number of aliphatic hydroxyl groups is 1. The second-order valence-corrected chi connectivity index (χ2v) is 8.44. The molecule has 1 aliphatic rings. The molecule has 0 spiro atoms. The summed E-state index contributed by atoms with van der Waals surface area (Å²) in [5.74, 6) is 1.23. The monoisotopic (exact) mass is 328 g/mol. The van der Waals surface area contributed by atoms with Gasteiger partial charge in [-0.25, -0.2) is 0 Å². The van der Waals surface area contributed by atoms with Crippen LogP contribution >= 0.6 is 0 Å². The maximum atomic E-state index is 11.1. The molecule has 132 valence electrons. The van der Waals surface area contributed by atoms with Crippen LogP contribution < -0.4 is 0 Å². The molecule has 0 amide bonds. The minimum Gasteiger partial charge on any atom is -0.507 e. The maximum absolute atomic E-state index is 11.1. The van der Waals surface area contributed by atoms with Crippen molar-refractivity contribution in [3.63, 3.8) is 0 Å². The highest BCUT2D eigenvalue weighted by molar-refractivity contribution is 5.87. The average molecular weight is 328 g/mol. The molecule has 24 heavy (non-hydrogen) atoms. The summed E-state index contributed by atoms with van der Waals surface area (Å²) in [7, 11) is 0. The van der Waals surface area contributed by atoms with Gasteiger partial charge in [-0.1, -0.05) is 59.2 Å². The number of phenols is 1. The van der Waals surface area contributed by atoms with Crippen LogP contribution in [0, 0.1) is 18.3 Å². The van der Waals surface area contributed by atoms with E-state index in [1.54, 1.807) is 0 Å². The predicted molar refractivity (Wildman–Crippen MR) is 102 cm³/mol. The van der Waals surface area contributed by atoms with Gasteiger partial charge in [0.25, 0.3) is 0 Å². The van der Waals surface area contributed by atoms with Crippen molar-refractivity contribution in [2.45, 2.75) is 67.7 Å². The van der Waals surface area contributed by atoms with Crippen molar-refractivity contribution in [3.8, 4) is 5.75 Å². The minimum absolute atomic E-state index is 0.0649. The zero-order chi connectivity index (χ0) is 18.4. The van der Waals surface area contributed by atoms with Crippen LogP contribution in [0.2, 0.25) is 0 Å². The first kappa shape index (κ1) is 18.6. The summed E-state index contributed by atoms with van der Waals surface area (Å²) in [6.07, 6.45) is 0.904. The lowest BCUT2D eigenvalue weighted by Gasteiger charge is -2.37. The number of rotatable bonds is 3. The van der Waals surface area contributed by atoms with Gasteiger partial charge in [-0.15, -0.1) is 0 Å². The fourth-order valence-electron chi connectivity index (χ4n) is 3.58. The summed E-state index contributed by atoms with van der Waals surface area (Å²) in [6, 6.07) is 4.05. The highest BCUT2D eigenvalue weighted by Crippen LogP contribution is 2.50. The number of hydrogen-bond donors (Lipinski definition) is 2. The van der Waals surface area contributed by atoms with Crippen LogP contribution in [0.1, 0.15) is 77.5 Å². The number of benzene rings is 1. The predicted octanol–water partition coefficient (Wildman–Crippen LogP) is 6.50. The summed E-state index contributed by atoms with van der Waals surface area (Å²) >= 11 is 0. The standard InChI is InChI=1S/C22H32O2/c1-12(2)16-10-9-14(5)20(23)18(16)19-17(13(3)4)11-22(7,8)15(6)21(19)24/h9-10,12-13,23-24H,11H2,1-8H3. The van der Waals surface area contributed by atoms with E-state index in [4.69, 9.17) is 0 Å². The zero-order valence-corrected chi connectivity index (χ0v) is 16.4. The molecule has 0 saturated carbocycles. The molecule has 0 aromatic heterocycles. The highest BCUT2D eigenvalue weighted by atomic mass is 16.3. The van der Waals surface area contributed by atoms with Crippen molar-refractivity contribution >= 4 is 5.57 Å². The molecule has 2 nitrogen and oxygen atoms in total. The van der Waals surface area contributed by atoms with E-state index in [-0.39, 0.29) is 11.3 Å². The van der Waals surface area contributed by atoms with Crippen LogP contribution in [0.15, 0.2) is 29.0 Å². The van der Waals surface area contributed by atoms with Crippen LogP contribution in [0.5, 0.6) is 5.75 Å². The third-order valence-electron chi connectivity index (χ3n) is 5.54. The Labute approximate surface area is 146 Å². The first-order valence-electron chi connectivity index (χ1n) is 8.95. The van der Waals surface area contributed by atoms with Gasteiger partial charge in [0.15, 0.2) is 0 Å². The topological polar surface area (TPSA) is 40.5 Å². The quantitative estimate of drug-likeness (QED) is 0.665. The van der Waals surface area contributed by atoms with E-state index in [0.29, 0.717) is 17.4 Å². The highest BCUT2D eigenvalue weighted by Gasteiger charge is 2.35. The van der Waals surface area contributed by atoms with Crippen molar-refractivity contribution in [1.82, 2.24) is 0 Å². The summed E-state index contributed by atoms with van der Waals surface area (Å²) in [6.45, 7) is 16.9. The maximum Gasteiger partial charge on any atom is 0.126 e. The smallest absolute Gasteiger partial charge is 0.126 e. The molecule has 0 saturated heterocycles. The summed E-state index contributed by atoms with van der Waals surface area (Å²) in [5, 5.41) is 21.9. The van der Waals surface area contributed by atoms with E-state index in [1.807, 2.05) is 19.9 Å². The molecular weight excluding hydrogens is 296 g/mol. The Morgan fingerprint density at radius 2 is 1.54 bits per heavy atom. The first-order valence-corrected chi connectivity index (χ1v) is 8.95. The Hall–Kier alpha value is -1.70. The van der Waals surface area contributed by atoms with Gasteiger partial charge in [0.05, 0.1) is 0 Å². The van der Waals surface area contributed by atoms with E-state index in [2.05, 4.69) is 47.6 Å². The molecule has 1 aliphatic carbocycles. The lowest BCUT2D eigenvalue weighted by Crippen LogP contribution is -2.24. The van der Waals surface area contributed by atoms with Gasteiger partial charge in [-0.3, -0.25) is 0 Å². The minimum atomic E-state index is -0.0649. The van der Waals surface area contributed by atoms with Gasteiger partial charge in [0, 0.05) is 11.1 Å². The Morgan fingerprint density at radius 3 is 2.04 bits per heavy atom. The lowest BCUT2D eigenvalue weighted by molar-refractivity contribution is 0.354. The van der Waals surface area contributed by atoms with E-state index in [0.717, 1.165) is 34.3 Å². The number of aryl methyl sites for hydroxylation is 1. The molecule has 2 heteroatoms. The molecule has 0 radical (unpaired) electrons. The van der Waals surface area contributed by atoms with Crippen LogP contribution in [-0.2, 0) is 0 Å². The summed E-state index contributed by atoms with van der Waals surface area (Å²) in [5.41, 5.74) is 5.77. The number of aromatic hydroxyl groups is 1. The second kappa shape index (κ2) is 6.31. The van der Waals surface area contributed by atoms with Crippen molar-refractivity contribution in [2.24, 2.45) is 11.3 Å². The molecule has 1 aromatic carbocycles. The third-order valence-corrected chi connectivity index (χ3v) is 5.54. The molecule has 1 aromatic rings. The molecule has 0 unspecified atom stereocenters. The molecule has 0 heterocycles. The van der Waals surface area contributed by atoms with Gasteiger partial charge in [0.1, 0.15) is 11.5 Å². The number of phenolic OH excluding ortho intramolecular Hbond substituents is 1. The first-order chi connectivity index (χ1) is 11.0. The SMILES string of the molecule is CC1=C(O)C(c2c(C(C)C)ccc(C)c2O)=C(C(C)C)CC1(C)C. The number of hydrogen-bond acceptors (Lipinski definition) is 2. The lowest BCUT2D eigenvalue weighted by atomic mass is 9.68. The Kier molecular flexibility index (Phi) is 4.90. The fraction of sp³-hybridized carbons (Fsp3) is 0.545. The summed E-state index contributed by atoms with van der Waals surface area (Å²) in [4.78, 5) is 0. The molecule has 0 bridgehead atoms. The van der Waals surface area contributed by atoms with Crippen LogP contribution in [0.4, 0.5) is 0 Å².